The summed E-state index contributed by atoms with van der Waals surface area (Å²) < 4.78 is 30.1. The summed E-state index contributed by atoms with van der Waals surface area (Å²) in [5.41, 5.74) is 0.321. The summed E-state index contributed by atoms with van der Waals surface area (Å²) in [5, 5.41) is 0. The van der Waals surface area contributed by atoms with Crippen LogP contribution in [0.25, 0.3) is 11.3 Å². The molecule has 0 fully saturated rings. The minimum Gasteiger partial charge on any atom is -0.497 e. The molecule has 5 nitrogen and oxygen atoms in total. The Morgan fingerprint density at radius 2 is 1.74 bits per heavy atom. The molecule has 1 amide bonds. The summed E-state index contributed by atoms with van der Waals surface area (Å²) in [6, 6.07) is 16.6. The highest BCUT2D eigenvalue weighted by molar-refractivity contribution is 5.92. The summed E-state index contributed by atoms with van der Waals surface area (Å²) in [4.78, 5) is 14.0. The van der Waals surface area contributed by atoms with E-state index in [0.29, 0.717) is 30.2 Å². The van der Waals surface area contributed by atoms with Crippen LogP contribution in [-0.4, -0.2) is 38.1 Å². The van der Waals surface area contributed by atoms with Gasteiger partial charge in [-0.15, -0.1) is 0 Å². The van der Waals surface area contributed by atoms with Crippen molar-refractivity contribution in [2.45, 2.75) is 0 Å². The van der Waals surface area contributed by atoms with E-state index in [0.717, 1.165) is 5.75 Å². The first-order chi connectivity index (χ1) is 13.1. The van der Waals surface area contributed by atoms with Gasteiger partial charge in [-0.3, -0.25) is 4.79 Å². The second-order valence-corrected chi connectivity index (χ2v) is 5.89. The van der Waals surface area contributed by atoms with E-state index >= 15 is 0 Å². The highest BCUT2D eigenvalue weighted by Crippen LogP contribution is 2.25. The number of amides is 1. The summed E-state index contributed by atoms with van der Waals surface area (Å²) in [6.45, 7) is 0.704. The number of hydrogen-bond acceptors (Lipinski definition) is 4. The van der Waals surface area contributed by atoms with Gasteiger partial charge in [0.1, 0.15) is 29.7 Å². The van der Waals surface area contributed by atoms with Gasteiger partial charge < -0.3 is 18.8 Å². The van der Waals surface area contributed by atoms with Crippen molar-refractivity contribution in [2.24, 2.45) is 0 Å². The van der Waals surface area contributed by atoms with Gasteiger partial charge in [-0.1, -0.05) is 12.1 Å². The van der Waals surface area contributed by atoms with Crippen LogP contribution in [0.4, 0.5) is 4.39 Å². The monoisotopic (exact) mass is 369 g/mol. The molecule has 0 unspecified atom stereocenters. The molecule has 2 aromatic carbocycles. The lowest BCUT2D eigenvalue weighted by Crippen LogP contribution is -2.30. The van der Waals surface area contributed by atoms with Crippen LogP contribution in [0.3, 0.4) is 0 Å². The Morgan fingerprint density at radius 1 is 1.04 bits per heavy atom. The SMILES string of the molecule is COc1ccc(OCCN(C)C(=O)c2ccc(-c3ccccc3F)o2)cc1. The third-order valence-corrected chi connectivity index (χ3v) is 4.06. The molecule has 27 heavy (non-hydrogen) atoms. The van der Waals surface area contributed by atoms with Crippen LogP contribution in [-0.2, 0) is 0 Å². The molecule has 0 aliphatic heterocycles. The number of hydrogen-bond donors (Lipinski definition) is 0. The first-order valence-electron chi connectivity index (χ1n) is 8.45. The Morgan fingerprint density at radius 3 is 2.44 bits per heavy atom. The standard InChI is InChI=1S/C21H20FNO4/c1-23(13-14-26-16-9-7-15(25-2)8-10-16)21(24)20-12-11-19(27-20)17-5-3-4-6-18(17)22/h3-12H,13-14H2,1-2H3. The molecule has 1 heterocycles. The Balaban J connectivity index is 1.56. The van der Waals surface area contributed by atoms with Gasteiger partial charge in [-0.05, 0) is 48.5 Å². The van der Waals surface area contributed by atoms with Crippen molar-refractivity contribution >= 4 is 5.91 Å². The highest BCUT2D eigenvalue weighted by Gasteiger charge is 2.17. The summed E-state index contributed by atoms with van der Waals surface area (Å²) in [5.74, 6) is 1.22. The van der Waals surface area contributed by atoms with Crippen LogP contribution in [0, 0.1) is 5.82 Å². The number of halogens is 1. The Kier molecular flexibility index (Phi) is 5.76. The number of nitrogens with zero attached hydrogens (tertiary/aromatic N) is 1. The number of benzene rings is 2. The quantitative estimate of drug-likeness (QED) is 0.625. The number of methoxy groups -OCH3 is 1. The maximum absolute atomic E-state index is 13.8. The van der Waals surface area contributed by atoms with Crippen molar-refractivity contribution in [2.75, 3.05) is 27.3 Å². The van der Waals surface area contributed by atoms with Gasteiger partial charge in [0.15, 0.2) is 5.76 Å². The third kappa shape index (κ3) is 4.47. The Bertz CT molecular complexity index is 905. The van der Waals surface area contributed by atoms with Crippen LogP contribution in [0.1, 0.15) is 10.6 Å². The first-order valence-corrected chi connectivity index (χ1v) is 8.45. The summed E-state index contributed by atoms with van der Waals surface area (Å²) >= 11 is 0. The molecule has 1 aromatic heterocycles. The lowest BCUT2D eigenvalue weighted by Gasteiger charge is -2.16. The maximum Gasteiger partial charge on any atom is 0.289 e. The number of ether oxygens (including phenoxy) is 2. The topological polar surface area (TPSA) is 51.9 Å². The average Bonchev–Trinajstić information content (AvgIpc) is 3.18. The summed E-state index contributed by atoms with van der Waals surface area (Å²) in [7, 11) is 3.26. The second kappa shape index (κ2) is 8.40. The molecule has 0 saturated carbocycles. The predicted molar refractivity (Wildman–Crippen MR) is 99.6 cm³/mol. The second-order valence-electron chi connectivity index (χ2n) is 5.89. The molecule has 3 rings (SSSR count). The zero-order valence-corrected chi connectivity index (χ0v) is 15.1. The smallest absolute Gasteiger partial charge is 0.289 e. The minimum atomic E-state index is -0.396. The van der Waals surface area contributed by atoms with Gasteiger partial charge >= 0.3 is 0 Å². The molecule has 6 heteroatoms. The third-order valence-electron chi connectivity index (χ3n) is 4.06. The number of likely N-dealkylation sites (N-methyl/N-ethyl adjacent to an activating group) is 1. The first kappa shape index (κ1) is 18.5. The molecule has 0 spiro atoms. The van der Waals surface area contributed by atoms with Crippen molar-refractivity contribution in [3.63, 3.8) is 0 Å². The van der Waals surface area contributed by atoms with E-state index in [1.807, 2.05) is 0 Å². The largest absolute Gasteiger partial charge is 0.497 e. The van der Waals surface area contributed by atoms with Crippen molar-refractivity contribution in [1.29, 1.82) is 0 Å². The lowest BCUT2D eigenvalue weighted by atomic mass is 10.1. The van der Waals surface area contributed by atoms with E-state index in [-0.39, 0.29) is 11.7 Å². The van der Waals surface area contributed by atoms with E-state index in [9.17, 15) is 9.18 Å². The van der Waals surface area contributed by atoms with Crippen molar-refractivity contribution in [3.8, 4) is 22.8 Å². The zero-order valence-electron chi connectivity index (χ0n) is 15.1. The Labute approximate surface area is 156 Å². The predicted octanol–water partition coefficient (Wildman–Crippen LogP) is 4.25. The van der Waals surface area contributed by atoms with Gasteiger partial charge in [0, 0.05) is 7.05 Å². The molecule has 0 aliphatic carbocycles. The zero-order chi connectivity index (χ0) is 19.2. The van der Waals surface area contributed by atoms with Crippen LogP contribution in [0.5, 0.6) is 11.5 Å². The number of carbonyl (C=O) groups is 1. The molecule has 0 saturated heterocycles. The van der Waals surface area contributed by atoms with Crippen molar-refractivity contribution in [3.05, 3.63) is 72.2 Å². The van der Waals surface area contributed by atoms with Crippen molar-refractivity contribution < 1.29 is 23.1 Å². The van der Waals surface area contributed by atoms with E-state index in [1.165, 1.54) is 11.0 Å². The molecule has 0 aliphatic rings. The molecule has 3 aromatic rings. The molecule has 140 valence electrons. The van der Waals surface area contributed by atoms with Crippen molar-refractivity contribution in [1.82, 2.24) is 4.90 Å². The van der Waals surface area contributed by atoms with E-state index < -0.39 is 5.82 Å². The highest BCUT2D eigenvalue weighted by atomic mass is 19.1. The lowest BCUT2D eigenvalue weighted by molar-refractivity contribution is 0.0743. The normalized spacial score (nSPS) is 10.5. The van der Waals surface area contributed by atoms with Gasteiger partial charge in [-0.25, -0.2) is 4.39 Å². The maximum atomic E-state index is 13.8. The summed E-state index contributed by atoms with van der Waals surface area (Å²) in [6.07, 6.45) is 0. The van der Waals surface area contributed by atoms with E-state index in [2.05, 4.69) is 0 Å². The fourth-order valence-electron chi connectivity index (χ4n) is 2.52. The molecule has 0 bridgehead atoms. The van der Waals surface area contributed by atoms with Gasteiger partial charge in [0.05, 0.1) is 19.2 Å². The van der Waals surface area contributed by atoms with Crippen LogP contribution >= 0.6 is 0 Å². The fourth-order valence-corrected chi connectivity index (χ4v) is 2.52. The van der Waals surface area contributed by atoms with E-state index in [1.54, 1.807) is 68.8 Å². The average molecular weight is 369 g/mol. The van der Waals surface area contributed by atoms with Gasteiger partial charge in [-0.2, -0.15) is 0 Å². The van der Waals surface area contributed by atoms with Gasteiger partial charge in [0.2, 0.25) is 0 Å². The number of furan rings is 1. The van der Waals surface area contributed by atoms with Gasteiger partial charge in [0.25, 0.3) is 5.91 Å². The molecular weight excluding hydrogens is 349 g/mol. The number of rotatable bonds is 7. The number of carbonyl (C=O) groups excluding carboxylic acids is 1. The van der Waals surface area contributed by atoms with Crippen LogP contribution in [0.15, 0.2) is 65.1 Å². The molecule has 0 atom stereocenters. The minimum absolute atomic E-state index is 0.153. The van der Waals surface area contributed by atoms with Crippen LogP contribution < -0.4 is 9.47 Å². The molecule has 0 radical (unpaired) electrons. The fraction of sp³-hybridized carbons (Fsp3) is 0.190. The molecular formula is C21H20FNO4. The molecule has 0 N–H and O–H groups in total. The van der Waals surface area contributed by atoms with Crippen LogP contribution in [0.2, 0.25) is 0 Å². The van der Waals surface area contributed by atoms with E-state index in [4.69, 9.17) is 13.9 Å². The Hall–Kier alpha value is -3.28.